The Bertz CT molecular complexity index is 861. The van der Waals surface area contributed by atoms with Crippen molar-refractivity contribution >= 4 is 50.1 Å². The van der Waals surface area contributed by atoms with Crippen LogP contribution in [-0.2, 0) is 13.0 Å². The van der Waals surface area contributed by atoms with Crippen molar-refractivity contribution in [2.24, 2.45) is 5.73 Å². The molecule has 0 aliphatic rings. The molecule has 0 fully saturated rings. The maximum absolute atomic E-state index is 13.3. The third kappa shape index (κ3) is 4.00. The molecule has 4 nitrogen and oxygen atoms in total. The smallest absolute Gasteiger partial charge is 0.152 e. The number of thiophene rings is 1. The highest BCUT2D eigenvalue weighted by atomic mass is 79.9. The van der Waals surface area contributed by atoms with Gasteiger partial charge in [0.2, 0.25) is 0 Å². The Labute approximate surface area is 163 Å². The molecular formula is C17H19BrClFN4S. The minimum atomic E-state index is -0.873. The molecule has 0 saturated heterocycles. The van der Waals surface area contributed by atoms with Crippen molar-refractivity contribution in [1.29, 1.82) is 0 Å². The first-order valence-electron chi connectivity index (χ1n) is 7.93. The predicted octanol–water partition coefficient (Wildman–Crippen LogP) is 5.04. The molecule has 3 aromatic rings. The highest BCUT2D eigenvalue weighted by Gasteiger charge is 2.26. The minimum Gasteiger partial charge on any atom is -0.378 e. The van der Waals surface area contributed by atoms with Gasteiger partial charge >= 0.3 is 0 Å². The number of aromatic nitrogens is 2. The average Bonchev–Trinajstić information content (AvgIpc) is 3.22. The highest BCUT2D eigenvalue weighted by Crippen LogP contribution is 2.31. The Hall–Kier alpha value is -1.15. The lowest BCUT2D eigenvalue weighted by atomic mass is 9.92. The first-order chi connectivity index (χ1) is 12.0. The van der Waals surface area contributed by atoms with Crippen LogP contribution in [0.1, 0.15) is 23.8 Å². The van der Waals surface area contributed by atoms with Gasteiger partial charge in [0, 0.05) is 23.0 Å². The van der Waals surface area contributed by atoms with Crippen LogP contribution >= 0.6 is 38.9 Å². The van der Waals surface area contributed by atoms with Crippen LogP contribution in [-0.4, -0.2) is 21.8 Å². The summed E-state index contributed by atoms with van der Waals surface area (Å²) in [5.74, 6) is 0. The van der Waals surface area contributed by atoms with Gasteiger partial charge in [0.05, 0.1) is 11.2 Å². The number of fused-ring (bicyclic) bond motifs is 1. The van der Waals surface area contributed by atoms with Gasteiger partial charge in [-0.05, 0) is 51.8 Å². The fourth-order valence-corrected chi connectivity index (χ4v) is 4.00. The van der Waals surface area contributed by atoms with E-state index in [1.165, 1.54) is 4.88 Å². The lowest BCUT2D eigenvalue weighted by Gasteiger charge is -2.24. The van der Waals surface area contributed by atoms with Crippen LogP contribution in [0.15, 0.2) is 34.2 Å². The van der Waals surface area contributed by atoms with Gasteiger partial charge in [0.25, 0.3) is 0 Å². The van der Waals surface area contributed by atoms with Gasteiger partial charge in [0.1, 0.15) is 11.3 Å². The van der Waals surface area contributed by atoms with Gasteiger partial charge in [-0.1, -0.05) is 24.6 Å². The van der Waals surface area contributed by atoms with E-state index in [9.17, 15) is 4.39 Å². The van der Waals surface area contributed by atoms with Gasteiger partial charge in [-0.2, -0.15) is 5.10 Å². The molecule has 25 heavy (non-hydrogen) atoms. The van der Waals surface area contributed by atoms with Crippen LogP contribution in [0.4, 0.5) is 10.1 Å². The summed E-state index contributed by atoms with van der Waals surface area (Å²) < 4.78 is 15.8. The van der Waals surface area contributed by atoms with E-state index in [0.29, 0.717) is 24.5 Å². The van der Waals surface area contributed by atoms with Gasteiger partial charge in [-0.15, -0.1) is 11.3 Å². The van der Waals surface area contributed by atoms with Crippen molar-refractivity contribution in [3.63, 3.8) is 0 Å². The molecule has 0 spiro atoms. The maximum Gasteiger partial charge on any atom is 0.152 e. The Kier molecular flexibility index (Phi) is 5.68. The molecule has 134 valence electrons. The van der Waals surface area contributed by atoms with Gasteiger partial charge in [-0.3, -0.25) is 0 Å². The third-order valence-electron chi connectivity index (χ3n) is 4.27. The number of halogens is 3. The molecule has 0 saturated carbocycles. The maximum atomic E-state index is 13.3. The number of hydrogen-bond acceptors (Lipinski definition) is 4. The number of rotatable bonds is 7. The summed E-state index contributed by atoms with van der Waals surface area (Å²) in [5, 5.41) is 10.2. The van der Waals surface area contributed by atoms with Crippen LogP contribution in [0, 0.1) is 0 Å². The molecule has 3 rings (SSSR count). The molecule has 3 heterocycles. The molecule has 3 aromatic heterocycles. The summed E-state index contributed by atoms with van der Waals surface area (Å²) >= 11 is 11.4. The van der Waals surface area contributed by atoms with E-state index >= 15 is 0 Å². The van der Waals surface area contributed by atoms with Crippen molar-refractivity contribution in [2.45, 2.75) is 31.8 Å². The summed E-state index contributed by atoms with van der Waals surface area (Å²) in [6.45, 7) is 2.03. The largest absolute Gasteiger partial charge is 0.378 e. The number of nitrogens with two attached hydrogens (primary N) is 1. The second-order valence-electron chi connectivity index (χ2n) is 6.10. The first-order valence-corrected chi connectivity index (χ1v) is 9.98. The zero-order chi connectivity index (χ0) is 18.0. The molecule has 3 N–H and O–H groups in total. The molecule has 0 aromatic carbocycles. The molecule has 0 aliphatic carbocycles. The molecular weight excluding hydrogens is 427 g/mol. The number of nitrogens with zero attached hydrogens (tertiary/aromatic N) is 2. The molecule has 8 heteroatoms. The van der Waals surface area contributed by atoms with E-state index < -0.39 is 12.2 Å². The van der Waals surface area contributed by atoms with E-state index in [1.54, 1.807) is 21.9 Å². The van der Waals surface area contributed by atoms with Crippen molar-refractivity contribution in [3.8, 4) is 0 Å². The van der Waals surface area contributed by atoms with Crippen molar-refractivity contribution < 1.29 is 4.39 Å². The van der Waals surface area contributed by atoms with Crippen molar-refractivity contribution in [2.75, 3.05) is 12.0 Å². The van der Waals surface area contributed by atoms with Crippen LogP contribution in [0.25, 0.3) is 5.52 Å². The van der Waals surface area contributed by atoms with Crippen LogP contribution in [0.2, 0.25) is 5.15 Å². The molecule has 0 radical (unpaired) electrons. The Morgan fingerprint density at radius 3 is 2.92 bits per heavy atom. The number of hydrogen-bond donors (Lipinski definition) is 2. The summed E-state index contributed by atoms with van der Waals surface area (Å²) in [6, 6.07) is 7.87. The number of anilines is 1. The van der Waals surface area contributed by atoms with Gasteiger partial charge < -0.3 is 11.1 Å². The fraction of sp³-hybridized carbons (Fsp3) is 0.353. The molecule has 0 amide bonds. The van der Waals surface area contributed by atoms with Gasteiger partial charge in [0.15, 0.2) is 5.15 Å². The van der Waals surface area contributed by atoms with Crippen LogP contribution < -0.4 is 11.1 Å². The average molecular weight is 446 g/mol. The lowest BCUT2D eigenvalue weighted by molar-refractivity contribution is 0.295. The molecule has 1 atom stereocenters. The van der Waals surface area contributed by atoms with E-state index in [1.807, 2.05) is 24.4 Å². The lowest BCUT2D eigenvalue weighted by Crippen LogP contribution is -2.43. The Balaban J connectivity index is 1.96. The standard InChI is InChI=1S/C17H19BrClFN4S/c1-2-17(21,10-20)8-11-6-14-13(22-9-12-4-3-5-25-12)7-15(19)23-24(14)16(11)18/h3-7,22H,2,8-10,21H2,1H3/t17-/m1/s1. The summed E-state index contributed by atoms with van der Waals surface area (Å²) in [4.78, 5) is 1.22. The molecule has 0 bridgehead atoms. The quantitative estimate of drug-likeness (QED) is 0.535. The van der Waals surface area contributed by atoms with E-state index in [4.69, 9.17) is 17.3 Å². The fourth-order valence-electron chi connectivity index (χ4n) is 2.64. The zero-order valence-electron chi connectivity index (χ0n) is 13.7. The topological polar surface area (TPSA) is 55.3 Å². The summed E-state index contributed by atoms with van der Waals surface area (Å²) in [5.41, 5.74) is 7.93. The molecule has 0 unspecified atom stereocenters. The third-order valence-corrected chi connectivity index (χ3v) is 6.18. The van der Waals surface area contributed by atoms with E-state index in [-0.39, 0.29) is 0 Å². The monoisotopic (exact) mass is 444 g/mol. The predicted molar refractivity (Wildman–Crippen MR) is 106 cm³/mol. The van der Waals surface area contributed by atoms with Crippen LogP contribution in [0.3, 0.4) is 0 Å². The first kappa shape index (κ1) is 18.6. The minimum absolute atomic E-state index is 0.379. The van der Waals surface area contributed by atoms with E-state index in [2.05, 4.69) is 32.4 Å². The Morgan fingerprint density at radius 2 is 2.28 bits per heavy atom. The van der Waals surface area contributed by atoms with E-state index in [0.717, 1.165) is 21.4 Å². The number of nitrogens with one attached hydrogen (secondary N) is 1. The zero-order valence-corrected chi connectivity index (χ0v) is 16.9. The van der Waals surface area contributed by atoms with Gasteiger partial charge in [-0.25, -0.2) is 8.91 Å². The highest BCUT2D eigenvalue weighted by molar-refractivity contribution is 9.10. The second kappa shape index (κ2) is 7.61. The SMILES string of the molecule is CC[C@](N)(CF)Cc1cc2c(NCc3cccs3)cc(Cl)nn2c1Br. The van der Waals surface area contributed by atoms with Crippen molar-refractivity contribution in [1.82, 2.24) is 9.61 Å². The second-order valence-corrected chi connectivity index (χ2v) is 8.27. The van der Waals surface area contributed by atoms with Crippen LogP contribution in [0.5, 0.6) is 0 Å². The summed E-state index contributed by atoms with van der Waals surface area (Å²) in [7, 11) is 0. The number of alkyl halides is 1. The molecule has 0 aliphatic heterocycles. The Morgan fingerprint density at radius 1 is 1.48 bits per heavy atom. The summed E-state index contributed by atoms with van der Waals surface area (Å²) in [6.07, 6.45) is 0.978. The normalized spacial score (nSPS) is 14.0. The van der Waals surface area contributed by atoms with Crippen molar-refractivity contribution in [3.05, 3.63) is 49.8 Å².